The number of nitrogens with one attached hydrogen (secondary N) is 2. The molecular formula is C19H20N2O4. The van der Waals surface area contributed by atoms with Crippen LogP contribution in [-0.2, 0) is 0 Å². The molecule has 6 nitrogen and oxygen atoms in total. The Morgan fingerprint density at radius 1 is 0.920 bits per heavy atom. The third-order valence-corrected chi connectivity index (χ3v) is 3.19. The number of rotatable bonds is 6. The highest BCUT2D eigenvalue weighted by atomic mass is 16.5. The lowest BCUT2D eigenvalue weighted by atomic mass is 10.3. The van der Waals surface area contributed by atoms with Crippen LogP contribution in [0.1, 0.15) is 0 Å². The lowest BCUT2D eigenvalue weighted by Gasteiger charge is -2.09. The molecule has 25 heavy (non-hydrogen) atoms. The average Bonchev–Trinajstić information content (AvgIpc) is 2.65. The van der Waals surface area contributed by atoms with Crippen LogP contribution in [0.25, 0.3) is 0 Å². The van der Waals surface area contributed by atoms with Gasteiger partial charge < -0.3 is 24.8 Å². The monoisotopic (exact) mass is 340 g/mol. The molecule has 2 aromatic rings. The minimum Gasteiger partial charge on any atom is -0.495 e. The smallest absolute Gasteiger partial charge is 0.320 e. The fourth-order valence-corrected chi connectivity index (χ4v) is 2.00. The van der Waals surface area contributed by atoms with Gasteiger partial charge in [-0.1, -0.05) is 36.1 Å². The van der Waals surface area contributed by atoms with Crippen LogP contribution in [0.4, 0.5) is 10.5 Å². The Balaban J connectivity index is 1.74. The molecule has 2 amide bonds. The van der Waals surface area contributed by atoms with Crippen LogP contribution in [0.15, 0.2) is 48.5 Å². The highest BCUT2D eigenvalue weighted by molar-refractivity contribution is 5.91. The van der Waals surface area contributed by atoms with Gasteiger partial charge in [0.15, 0.2) is 11.5 Å². The second kappa shape index (κ2) is 9.73. The molecule has 0 bridgehead atoms. The molecule has 0 saturated heterocycles. The Hall–Kier alpha value is -3.33. The van der Waals surface area contributed by atoms with E-state index >= 15 is 0 Å². The van der Waals surface area contributed by atoms with Crippen molar-refractivity contribution in [2.45, 2.75) is 0 Å². The molecule has 0 saturated carbocycles. The largest absolute Gasteiger partial charge is 0.495 e. The zero-order valence-corrected chi connectivity index (χ0v) is 14.2. The summed E-state index contributed by atoms with van der Waals surface area (Å²) in [4.78, 5) is 11.8. The van der Waals surface area contributed by atoms with Crippen LogP contribution in [0, 0.1) is 11.8 Å². The van der Waals surface area contributed by atoms with E-state index in [1.807, 2.05) is 30.3 Å². The Morgan fingerprint density at radius 2 is 1.56 bits per heavy atom. The van der Waals surface area contributed by atoms with Crippen molar-refractivity contribution in [3.8, 4) is 29.1 Å². The summed E-state index contributed by atoms with van der Waals surface area (Å²) in [5.74, 6) is 7.52. The first kappa shape index (κ1) is 18.0. The van der Waals surface area contributed by atoms with E-state index in [-0.39, 0.29) is 19.2 Å². The maximum atomic E-state index is 11.8. The zero-order valence-electron chi connectivity index (χ0n) is 14.2. The molecule has 0 aliphatic heterocycles. The van der Waals surface area contributed by atoms with Crippen molar-refractivity contribution >= 4 is 11.7 Å². The summed E-state index contributed by atoms with van der Waals surface area (Å²) in [5, 5.41) is 5.35. The third kappa shape index (κ3) is 5.66. The molecule has 0 aliphatic rings. The number of methoxy groups -OCH3 is 2. The molecule has 0 unspecified atom stereocenters. The average molecular weight is 340 g/mol. The lowest BCUT2D eigenvalue weighted by Crippen LogP contribution is -2.29. The first-order valence-electron chi connectivity index (χ1n) is 7.64. The van der Waals surface area contributed by atoms with Crippen LogP contribution < -0.4 is 24.8 Å². The second-order valence-corrected chi connectivity index (χ2v) is 4.80. The number of carbonyl (C=O) groups is 1. The minimum absolute atomic E-state index is 0.205. The molecule has 130 valence electrons. The maximum Gasteiger partial charge on any atom is 0.320 e. The van der Waals surface area contributed by atoms with E-state index in [2.05, 4.69) is 22.5 Å². The number of amides is 2. The van der Waals surface area contributed by atoms with Gasteiger partial charge in [0.25, 0.3) is 0 Å². The third-order valence-electron chi connectivity index (χ3n) is 3.19. The molecule has 0 aliphatic carbocycles. The molecule has 2 aromatic carbocycles. The Labute approximate surface area is 147 Å². The first-order valence-corrected chi connectivity index (χ1v) is 7.64. The number of para-hydroxylation sites is 4. The van der Waals surface area contributed by atoms with Gasteiger partial charge >= 0.3 is 6.03 Å². The van der Waals surface area contributed by atoms with Crippen molar-refractivity contribution < 1.29 is 19.0 Å². The summed E-state index contributed by atoms with van der Waals surface area (Å²) >= 11 is 0. The SMILES string of the molecule is COc1ccccc1NC(=O)NCC#CCOc1ccccc1OC. The quantitative estimate of drug-likeness (QED) is 0.794. The molecular weight excluding hydrogens is 320 g/mol. The number of carbonyl (C=O) groups excluding carboxylic acids is 1. The van der Waals surface area contributed by atoms with Gasteiger partial charge in [0, 0.05) is 0 Å². The topological polar surface area (TPSA) is 68.8 Å². The van der Waals surface area contributed by atoms with Gasteiger partial charge in [0.2, 0.25) is 0 Å². The predicted molar refractivity (Wildman–Crippen MR) is 96.3 cm³/mol. The summed E-state index contributed by atoms with van der Waals surface area (Å²) in [6, 6.07) is 14.1. The van der Waals surface area contributed by atoms with Crippen molar-refractivity contribution in [3.63, 3.8) is 0 Å². The van der Waals surface area contributed by atoms with Crippen molar-refractivity contribution in [2.75, 3.05) is 32.7 Å². The number of anilines is 1. The van der Waals surface area contributed by atoms with E-state index < -0.39 is 0 Å². The standard InChI is InChI=1S/C19H20N2O4/c1-23-16-10-4-3-9-15(16)21-19(22)20-13-7-8-14-25-18-12-6-5-11-17(18)24-2/h3-6,9-12H,13-14H2,1-2H3,(H2,20,21,22). The van der Waals surface area contributed by atoms with Gasteiger partial charge in [-0.25, -0.2) is 4.79 Å². The summed E-state index contributed by atoms with van der Waals surface area (Å²) in [6.45, 7) is 0.409. The van der Waals surface area contributed by atoms with Gasteiger partial charge in [-0.05, 0) is 24.3 Å². The molecule has 0 radical (unpaired) electrons. The maximum absolute atomic E-state index is 11.8. The number of ether oxygens (including phenoxy) is 3. The fourth-order valence-electron chi connectivity index (χ4n) is 2.00. The number of hydrogen-bond acceptors (Lipinski definition) is 4. The molecule has 0 fully saturated rings. The number of hydrogen-bond donors (Lipinski definition) is 2. The lowest BCUT2D eigenvalue weighted by molar-refractivity contribution is 0.253. The molecule has 2 N–H and O–H groups in total. The van der Waals surface area contributed by atoms with Crippen LogP contribution in [-0.4, -0.2) is 33.4 Å². The second-order valence-electron chi connectivity index (χ2n) is 4.80. The van der Waals surface area contributed by atoms with E-state index in [0.29, 0.717) is 22.9 Å². The van der Waals surface area contributed by atoms with E-state index in [1.54, 1.807) is 32.4 Å². The van der Waals surface area contributed by atoms with Gasteiger partial charge in [-0.15, -0.1) is 0 Å². The summed E-state index contributed by atoms with van der Waals surface area (Å²) in [7, 11) is 3.13. The van der Waals surface area contributed by atoms with Crippen LogP contribution >= 0.6 is 0 Å². The predicted octanol–water partition coefficient (Wildman–Crippen LogP) is 2.91. The summed E-state index contributed by atoms with van der Waals surface area (Å²) < 4.78 is 15.9. The van der Waals surface area contributed by atoms with Crippen molar-refractivity contribution in [1.82, 2.24) is 5.32 Å². The summed E-state index contributed by atoms with van der Waals surface area (Å²) in [5.41, 5.74) is 0.593. The van der Waals surface area contributed by atoms with Crippen molar-refractivity contribution in [3.05, 3.63) is 48.5 Å². The Morgan fingerprint density at radius 3 is 2.28 bits per heavy atom. The van der Waals surface area contributed by atoms with Gasteiger partial charge in [0.1, 0.15) is 12.4 Å². The number of benzene rings is 2. The molecule has 6 heteroatoms. The Kier molecular flexibility index (Phi) is 7.01. The highest BCUT2D eigenvalue weighted by Crippen LogP contribution is 2.25. The highest BCUT2D eigenvalue weighted by Gasteiger charge is 2.05. The van der Waals surface area contributed by atoms with Gasteiger partial charge in [-0.3, -0.25) is 0 Å². The summed E-state index contributed by atoms with van der Waals surface area (Å²) in [6.07, 6.45) is 0. The van der Waals surface area contributed by atoms with E-state index in [0.717, 1.165) is 0 Å². The molecule has 0 heterocycles. The van der Waals surface area contributed by atoms with Crippen LogP contribution in [0.3, 0.4) is 0 Å². The minimum atomic E-state index is -0.357. The van der Waals surface area contributed by atoms with E-state index in [4.69, 9.17) is 14.2 Å². The fraction of sp³-hybridized carbons (Fsp3) is 0.211. The van der Waals surface area contributed by atoms with Crippen LogP contribution in [0.5, 0.6) is 17.2 Å². The van der Waals surface area contributed by atoms with Crippen molar-refractivity contribution in [2.24, 2.45) is 0 Å². The Bertz CT molecular complexity index is 765. The normalized spacial score (nSPS) is 9.36. The molecule has 0 aromatic heterocycles. The van der Waals surface area contributed by atoms with Crippen molar-refractivity contribution in [1.29, 1.82) is 0 Å². The van der Waals surface area contributed by atoms with E-state index in [9.17, 15) is 4.79 Å². The van der Waals surface area contributed by atoms with Gasteiger partial charge in [-0.2, -0.15) is 0 Å². The first-order chi connectivity index (χ1) is 12.2. The van der Waals surface area contributed by atoms with Gasteiger partial charge in [0.05, 0.1) is 26.5 Å². The molecule has 0 spiro atoms. The molecule has 2 rings (SSSR count). The van der Waals surface area contributed by atoms with E-state index in [1.165, 1.54) is 0 Å². The molecule has 0 atom stereocenters. The van der Waals surface area contributed by atoms with Crippen LogP contribution in [0.2, 0.25) is 0 Å². The number of urea groups is 1. The zero-order chi connectivity index (χ0) is 17.9.